The molecule has 3 N–H and O–H groups in total. The van der Waals surface area contributed by atoms with Gasteiger partial charge in [-0.05, 0) is 19.9 Å². The molecule has 112 valence electrons. The molecule has 1 rings (SSSR count). The monoisotopic (exact) mass is 284 g/mol. The van der Waals surface area contributed by atoms with Crippen LogP contribution in [0.2, 0.25) is 0 Å². The molecule has 1 aromatic carbocycles. The van der Waals surface area contributed by atoms with Crippen LogP contribution in [0, 0.1) is 5.82 Å². The van der Waals surface area contributed by atoms with Gasteiger partial charge in [-0.2, -0.15) is 0 Å². The summed E-state index contributed by atoms with van der Waals surface area (Å²) in [6.07, 6.45) is -0.744. The quantitative estimate of drug-likeness (QED) is 0.742. The first kappa shape index (κ1) is 16.4. The van der Waals surface area contributed by atoms with Gasteiger partial charge in [-0.1, -0.05) is 6.07 Å². The van der Waals surface area contributed by atoms with Crippen molar-refractivity contribution in [2.75, 3.05) is 20.3 Å². The lowest BCUT2D eigenvalue weighted by Crippen LogP contribution is -2.38. The summed E-state index contributed by atoms with van der Waals surface area (Å²) in [6.45, 7) is 4.18. The van der Waals surface area contributed by atoms with E-state index in [1.165, 1.54) is 12.1 Å². The Bertz CT molecular complexity index is 452. The number of nitrogens with one attached hydrogen (secondary N) is 1. The molecule has 0 fully saturated rings. The molecule has 0 aliphatic rings. The summed E-state index contributed by atoms with van der Waals surface area (Å²) in [5, 5.41) is 2.65. The SMILES string of the molecule is COCCNC(=O)C(C)Oc1cc(F)ccc1C(C)N. The number of carbonyl (C=O) groups is 1. The normalized spacial score (nSPS) is 13.7. The summed E-state index contributed by atoms with van der Waals surface area (Å²) in [5.41, 5.74) is 6.45. The van der Waals surface area contributed by atoms with Crippen LogP contribution in [-0.2, 0) is 9.53 Å². The fraction of sp³-hybridized carbons (Fsp3) is 0.500. The van der Waals surface area contributed by atoms with E-state index in [0.29, 0.717) is 18.7 Å². The van der Waals surface area contributed by atoms with Crippen molar-refractivity contribution in [3.8, 4) is 5.75 Å². The molecule has 0 radical (unpaired) electrons. The molecule has 2 unspecified atom stereocenters. The minimum atomic E-state index is -0.744. The highest BCUT2D eigenvalue weighted by molar-refractivity contribution is 5.80. The molecule has 6 heteroatoms. The van der Waals surface area contributed by atoms with Crippen LogP contribution in [0.1, 0.15) is 25.5 Å². The Morgan fingerprint density at radius 3 is 2.75 bits per heavy atom. The van der Waals surface area contributed by atoms with Crippen LogP contribution in [0.4, 0.5) is 4.39 Å². The van der Waals surface area contributed by atoms with E-state index in [2.05, 4.69) is 5.32 Å². The molecular weight excluding hydrogens is 263 g/mol. The molecular formula is C14H21FN2O3. The van der Waals surface area contributed by atoms with Gasteiger partial charge in [0.05, 0.1) is 6.61 Å². The lowest BCUT2D eigenvalue weighted by Gasteiger charge is -2.18. The average Bonchev–Trinajstić information content (AvgIpc) is 2.38. The molecule has 5 nitrogen and oxygen atoms in total. The fourth-order valence-corrected chi connectivity index (χ4v) is 1.65. The van der Waals surface area contributed by atoms with Crippen molar-refractivity contribution in [1.82, 2.24) is 5.32 Å². The molecule has 0 aromatic heterocycles. The first-order valence-corrected chi connectivity index (χ1v) is 6.44. The number of benzene rings is 1. The highest BCUT2D eigenvalue weighted by atomic mass is 19.1. The Kier molecular flexibility index (Phi) is 6.41. The van der Waals surface area contributed by atoms with Gasteiger partial charge in [-0.25, -0.2) is 4.39 Å². The molecule has 20 heavy (non-hydrogen) atoms. The minimum absolute atomic E-state index is 0.286. The van der Waals surface area contributed by atoms with Crippen LogP contribution in [-0.4, -0.2) is 32.3 Å². The molecule has 0 aliphatic carbocycles. The number of amides is 1. The number of hydrogen-bond donors (Lipinski definition) is 2. The lowest BCUT2D eigenvalue weighted by molar-refractivity contribution is -0.127. The maximum absolute atomic E-state index is 13.3. The van der Waals surface area contributed by atoms with E-state index >= 15 is 0 Å². The Morgan fingerprint density at radius 1 is 1.45 bits per heavy atom. The molecule has 0 aliphatic heterocycles. The van der Waals surface area contributed by atoms with E-state index in [1.54, 1.807) is 27.0 Å². The van der Waals surface area contributed by atoms with Crippen LogP contribution < -0.4 is 15.8 Å². The Balaban J connectivity index is 2.71. The van der Waals surface area contributed by atoms with Crippen LogP contribution in [0.5, 0.6) is 5.75 Å². The van der Waals surface area contributed by atoms with Crippen molar-refractivity contribution in [1.29, 1.82) is 0 Å². The zero-order valence-electron chi connectivity index (χ0n) is 12.0. The Labute approximate surface area is 118 Å². The van der Waals surface area contributed by atoms with E-state index in [9.17, 15) is 9.18 Å². The predicted molar refractivity (Wildman–Crippen MR) is 74.0 cm³/mol. The molecule has 0 bridgehead atoms. The second-order valence-electron chi connectivity index (χ2n) is 4.51. The van der Waals surface area contributed by atoms with Crippen LogP contribution in [0.3, 0.4) is 0 Å². The molecule has 0 saturated heterocycles. The largest absolute Gasteiger partial charge is 0.480 e. The van der Waals surface area contributed by atoms with Crippen molar-refractivity contribution in [2.45, 2.75) is 26.0 Å². The zero-order chi connectivity index (χ0) is 15.1. The van der Waals surface area contributed by atoms with Gasteiger partial charge in [0, 0.05) is 31.3 Å². The minimum Gasteiger partial charge on any atom is -0.480 e. The molecule has 0 spiro atoms. The van der Waals surface area contributed by atoms with Crippen LogP contribution >= 0.6 is 0 Å². The summed E-state index contributed by atoms with van der Waals surface area (Å²) in [5.74, 6) is -0.437. The van der Waals surface area contributed by atoms with Gasteiger partial charge in [0.25, 0.3) is 5.91 Å². The van der Waals surface area contributed by atoms with Gasteiger partial charge in [0.15, 0.2) is 6.10 Å². The zero-order valence-corrected chi connectivity index (χ0v) is 12.0. The highest BCUT2D eigenvalue weighted by Crippen LogP contribution is 2.25. The molecule has 0 saturated carbocycles. The van der Waals surface area contributed by atoms with Gasteiger partial charge < -0.3 is 20.5 Å². The summed E-state index contributed by atoms with van der Waals surface area (Å²) in [7, 11) is 1.55. The van der Waals surface area contributed by atoms with Crippen molar-refractivity contribution in [2.24, 2.45) is 5.73 Å². The van der Waals surface area contributed by atoms with Gasteiger partial charge in [0.2, 0.25) is 0 Å². The highest BCUT2D eigenvalue weighted by Gasteiger charge is 2.17. The molecule has 1 aromatic rings. The number of rotatable bonds is 7. The predicted octanol–water partition coefficient (Wildman–Crippen LogP) is 1.38. The number of carbonyl (C=O) groups excluding carboxylic acids is 1. The van der Waals surface area contributed by atoms with Crippen LogP contribution in [0.25, 0.3) is 0 Å². The summed E-state index contributed by atoms with van der Waals surface area (Å²) < 4.78 is 23.6. The standard InChI is InChI=1S/C14H21FN2O3/c1-9(16)12-5-4-11(15)8-13(12)20-10(2)14(18)17-6-7-19-3/h4-5,8-10H,6-7,16H2,1-3H3,(H,17,18). The Hall–Kier alpha value is -1.66. The van der Waals surface area contributed by atoms with Gasteiger partial charge in [-0.15, -0.1) is 0 Å². The van der Waals surface area contributed by atoms with E-state index in [1.807, 2.05) is 0 Å². The fourth-order valence-electron chi connectivity index (χ4n) is 1.65. The summed E-state index contributed by atoms with van der Waals surface area (Å²) >= 11 is 0. The van der Waals surface area contributed by atoms with Crippen molar-refractivity contribution < 1.29 is 18.7 Å². The number of ether oxygens (including phenoxy) is 2. The molecule has 1 amide bonds. The maximum Gasteiger partial charge on any atom is 0.260 e. The van der Waals surface area contributed by atoms with Gasteiger partial charge >= 0.3 is 0 Å². The van der Waals surface area contributed by atoms with Crippen LogP contribution in [0.15, 0.2) is 18.2 Å². The smallest absolute Gasteiger partial charge is 0.260 e. The number of halogens is 1. The van der Waals surface area contributed by atoms with Crippen molar-refractivity contribution in [3.05, 3.63) is 29.6 Å². The summed E-state index contributed by atoms with van der Waals surface area (Å²) in [6, 6.07) is 3.80. The number of methoxy groups -OCH3 is 1. The maximum atomic E-state index is 13.3. The van der Waals surface area contributed by atoms with Gasteiger partial charge in [-0.3, -0.25) is 4.79 Å². The van der Waals surface area contributed by atoms with Crippen molar-refractivity contribution >= 4 is 5.91 Å². The van der Waals surface area contributed by atoms with Gasteiger partial charge in [0.1, 0.15) is 11.6 Å². The first-order valence-electron chi connectivity index (χ1n) is 6.44. The van der Waals surface area contributed by atoms with E-state index in [4.69, 9.17) is 15.2 Å². The van der Waals surface area contributed by atoms with Crippen molar-refractivity contribution in [3.63, 3.8) is 0 Å². The molecule has 2 atom stereocenters. The van der Waals surface area contributed by atoms with E-state index < -0.39 is 11.9 Å². The lowest BCUT2D eigenvalue weighted by atomic mass is 10.1. The topological polar surface area (TPSA) is 73.6 Å². The third-order valence-electron chi connectivity index (χ3n) is 2.74. The molecule has 0 heterocycles. The van der Waals surface area contributed by atoms with E-state index in [-0.39, 0.29) is 17.7 Å². The third-order valence-corrected chi connectivity index (χ3v) is 2.74. The third kappa shape index (κ3) is 4.79. The number of hydrogen-bond acceptors (Lipinski definition) is 4. The summed E-state index contributed by atoms with van der Waals surface area (Å²) in [4.78, 5) is 11.8. The first-order chi connectivity index (χ1) is 9.45. The second kappa shape index (κ2) is 7.81. The second-order valence-corrected chi connectivity index (χ2v) is 4.51. The number of nitrogens with two attached hydrogens (primary N) is 1. The average molecular weight is 284 g/mol. The van der Waals surface area contributed by atoms with E-state index in [0.717, 1.165) is 0 Å². The Morgan fingerprint density at radius 2 is 2.15 bits per heavy atom.